The van der Waals surface area contributed by atoms with Crippen LogP contribution < -0.4 is 5.32 Å². The summed E-state index contributed by atoms with van der Waals surface area (Å²) in [6, 6.07) is 4.70. The zero-order valence-electron chi connectivity index (χ0n) is 9.98. The predicted octanol–water partition coefficient (Wildman–Crippen LogP) is 1.96. The Kier molecular flexibility index (Phi) is 3.83. The van der Waals surface area contributed by atoms with E-state index in [0.29, 0.717) is 12.0 Å². The SMILES string of the molecule is O=CNC=C(c1cccc(C(F)(F)F)c1)c1ncn[nH]1. The molecule has 0 aliphatic rings. The van der Waals surface area contributed by atoms with Crippen LogP contribution in [0.1, 0.15) is 17.0 Å². The minimum absolute atomic E-state index is 0.249. The molecule has 20 heavy (non-hydrogen) atoms. The van der Waals surface area contributed by atoms with E-state index in [4.69, 9.17) is 0 Å². The van der Waals surface area contributed by atoms with Gasteiger partial charge in [-0.3, -0.25) is 9.89 Å². The highest BCUT2D eigenvalue weighted by atomic mass is 19.4. The molecular formula is C12H9F3N4O. The van der Waals surface area contributed by atoms with Crippen LogP contribution in [0.3, 0.4) is 0 Å². The van der Waals surface area contributed by atoms with Gasteiger partial charge in [0.15, 0.2) is 5.82 Å². The van der Waals surface area contributed by atoms with E-state index < -0.39 is 11.7 Å². The van der Waals surface area contributed by atoms with Crippen molar-refractivity contribution in [1.82, 2.24) is 20.5 Å². The van der Waals surface area contributed by atoms with Gasteiger partial charge < -0.3 is 5.32 Å². The zero-order valence-corrected chi connectivity index (χ0v) is 9.98. The van der Waals surface area contributed by atoms with Crippen LogP contribution in [0.15, 0.2) is 36.8 Å². The maximum absolute atomic E-state index is 12.7. The number of H-pyrrole nitrogens is 1. The summed E-state index contributed by atoms with van der Waals surface area (Å²) in [4.78, 5) is 14.2. The summed E-state index contributed by atoms with van der Waals surface area (Å²) < 4.78 is 38.1. The number of amides is 1. The van der Waals surface area contributed by atoms with Crippen LogP contribution in [0.2, 0.25) is 0 Å². The molecule has 1 amide bonds. The summed E-state index contributed by atoms with van der Waals surface area (Å²) in [5, 5.41) is 8.45. The van der Waals surface area contributed by atoms with Gasteiger partial charge in [0.05, 0.1) is 5.56 Å². The molecule has 0 spiro atoms. The van der Waals surface area contributed by atoms with Gasteiger partial charge in [-0.25, -0.2) is 4.98 Å². The summed E-state index contributed by atoms with van der Waals surface area (Å²) in [5.41, 5.74) is -0.238. The van der Waals surface area contributed by atoms with E-state index in [1.165, 1.54) is 24.7 Å². The number of benzene rings is 1. The van der Waals surface area contributed by atoms with E-state index in [1.54, 1.807) is 0 Å². The molecule has 1 aromatic carbocycles. The summed E-state index contributed by atoms with van der Waals surface area (Å²) in [7, 11) is 0. The van der Waals surface area contributed by atoms with E-state index in [9.17, 15) is 18.0 Å². The molecule has 0 fully saturated rings. The molecule has 0 aliphatic carbocycles. The van der Waals surface area contributed by atoms with Crippen LogP contribution in [-0.2, 0) is 11.0 Å². The van der Waals surface area contributed by atoms with Crippen molar-refractivity contribution >= 4 is 12.0 Å². The van der Waals surface area contributed by atoms with E-state index >= 15 is 0 Å². The molecule has 1 heterocycles. The van der Waals surface area contributed by atoms with E-state index in [2.05, 4.69) is 20.5 Å². The molecule has 0 aliphatic heterocycles. The Morgan fingerprint density at radius 3 is 2.75 bits per heavy atom. The van der Waals surface area contributed by atoms with Crippen LogP contribution >= 0.6 is 0 Å². The fourth-order valence-corrected chi connectivity index (χ4v) is 1.60. The van der Waals surface area contributed by atoms with E-state index in [0.717, 1.165) is 12.1 Å². The number of nitrogens with one attached hydrogen (secondary N) is 2. The average Bonchev–Trinajstić information content (AvgIpc) is 2.92. The number of carbonyl (C=O) groups excluding carboxylic acids is 1. The fraction of sp³-hybridized carbons (Fsp3) is 0.0833. The minimum Gasteiger partial charge on any atom is -0.334 e. The number of rotatable bonds is 4. The lowest BCUT2D eigenvalue weighted by molar-refractivity contribution is -0.137. The van der Waals surface area contributed by atoms with Crippen molar-refractivity contribution in [2.75, 3.05) is 0 Å². The number of hydrogen-bond acceptors (Lipinski definition) is 3. The first-order chi connectivity index (χ1) is 9.52. The first-order valence-corrected chi connectivity index (χ1v) is 5.45. The minimum atomic E-state index is -4.44. The molecule has 1 aromatic heterocycles. The molecule has 0 unspecified atom stereocenters. The standard InChI is InChI=1S/C12H9F3N4O/c13-12(14,15)9-3-1-2-8(4-9)10(5-16-7-20)11-17-6-18-19-11/h1-7H,(H,16,20)(H,17,18,19). The first kappa shape index (κ1) is 13.8. The Bertz CT molecular complexity index is 620. The van der Waals surface area contributed by atoms with Gasteiger partial charge in [-0.2, -0.15) is 18.3 Å². The maximum atomic E-state index is 12.7. The Balaban J connectivity index is 2.47. The van der Waals surface area contributed by atoms with Crippen molar-refractivity contribution in [1.29, 1.82) is 0 Å². The number of nitrogens with zero attached hydrogens (tertiary/aromatic N) is 2. The number of alkyl halides is 3. The van der Waals surface area contributed by atoms with Gasteiger partial charge in [-0.15, -0.1) is 0 Å². The summed E-state index contributed by atoms with van der Waals surface area (Å²) in [6.07, 6.45) is -1.56. The van der Waals surface area contributed by atoms with Gasteiger partial charge in [-0.05, 0) is 17.7 Å². The van der Waals surface area contributed by atoms with Gasteiger partial charge in [0.2, 0.25) is 6.41 Å². The van der Waals surface area contributed by atoms with Crippen molar-refractivity contribution in [3.63, 3.8) is 0 Å². The molecule has 0 saturated carbocycles. The van der Waals surface area contributed by atoms with Gasteiger partial charge in [0, 0.05) is 11.8 Å². The molecule has 0 radical (unpaired) electrons. The molecular weight excluding hydrogens is 273 g/mol. The second-order valence-corrected chi connectivity index (χ2v) is 3.76. The van der Waals surface area contributed by atoms with Gasteiger partial charge in [-0.1, -0.05) is 12.1 Å². The zero-order chi connectivity index (χ0) is 14.6. The third kappa shape index (κ3) is 3.02. The highest BCUT2D eigenvalue weighted by molar-refractivity contribution is 5.77. The smallest absolute Gasteiger partial charge is 0.334 e. The molecule has 2 rings (SSSR count). The Morgan fingerprint density at radius 1 is 1.35 bits per heavy atom. The van der Waals surface area contributed by atoms with Crippen LogP contribution in [0.25, 0.3) is 5.57 Å². The molecule has 104 valence electrons. The molecule has 5 nitrogen and oxygen atoms in total. The lowest BCUT2D eigenvalue weighted by atomic mass is 10.0. The van der Waals surface area contributed by atoms with Crippen molar-refractivity contribution in [2.24, 2.45) is 0 Å². The second kappa shape index (κ2) is 5.55. The van der Waals surface area contributed by atoms with Gasteiger partial charge in [0.25, 0.3) is 0 Å². The lowest BCUT2D eigenvalue weighted by Crippen LogP contribution is -2.07. The largest absolute Gasteiger partial charge is 0.416 e. The van der Waals surface area contributed by atoms with E-state index in [1.807, 2.05) is 0 Å². The summed E-state index contributed by atoms with van der Waals surface area (Å²) >= 11 is 0. The highest BCUT2D eigenvalue weighted by Gasteiger charge is 2.30. The number of carbonyl (C=O) groups is 1. The van der Waals surface area contributed by atoms with Crippen LogP contribution in [0.4, 0.5) is 13.2 Å². The van der Waals surface area contributed by atoms with Crippen LogP contribution in [0, 0.1) is 0 Å². The summed E-state index contributed by atoms with van der Waals surface area (Å²) in [5.74, 6) is 0.249. The normalized spacial score (nSPS) is 12.2. The molecule has 0 bridgehead atoms. The van der Waals surface area contributed by atoms with Gasteiger partial charge in [0.1, 0.15) is 6.33 Å². The van der Waals surface area contributed by atoms with E-state index in [-0.39, 0.29) is 11.4 Å². The average molecular weight is 282 g/mol. The summed E-state index contributed by atoms with van der Waals surface area (Å²) in [6.45, 7) is 0. The third-order valence-corrected chi connectivity index (χ3v) is 2.47. The predicted molar refractivity (Wildman–Crippen MR) is 64.1 cm³/mol. The second-order valence-electron chi connectivity index (χ2n) is 3.76. The quantitative estimate of drug-likeness (QED) is 0.842. The monoisotopic (exact) mass is 282 g/mol. The molecule has 2 N–H and O–H groups in total. The number of halogens is 3. The molecule has 2 aromatic rings. The number of aromatic amines is 1. The maximum Gasteiger partial charge on any atom is 0.416 e. The van der Waals surface area contributed by atoms with Gasteiger partial charge >= 0.3 is 6.18 Å². The van der Waals surface area contributed by atoms with Crippen molar-refractivity contribution in [3.8, 4) is 0 Å². The Hall–Kier alpha value is -2.64. The third-order valence-electron chi connectivity index (χ3n) is 2.47. The van der Waals surface area contributed by atoms with Crippen molar-refractivity contribution in [3.05, 3.63) is 53.7 Å². The van der Waals surface area contributed by atoms with Crippen molar-refractivity contribution < 1.29 is 18.0 Å². The Morgan fingerprint density at radius 2 is 2.15 bits per heavy atom. The fourth-order valence-electron chi connectivity index (χ4n) is 1.60. The highest BCUT2D eigenvalue weighted by Crippen LogP contribution is 2.31. The Labute approximate surface area is 111 Å². The van der Waals surface area contributed by atoms with Crippen molar-refractivity contribution in [2.45, 2.75) is 6.18 Å². The molecule has 0 atom stereocenters. The first-order valence-electron chi connectivity index (χ1n) is 5.45. The number of hydrogen-bond donors (Lipinski definition) is 2. The van der Waals surface area contributed by atoms with Crippen LogP contribution in [-0.4, -0.2) is 21.6 Å². The molecule has 8 heteroatoms. The topological polar surface area (TPSA) is 70.7 Å². The van der Waals surface area contributed by atoms with Crippen LogP contribution in [0.5, 0.6) is 0 Å². The molecule has 0 saturated heterocycles. The lowest BCUT2D eigenvalue weighted by Gasteiger charge is -2.10. The number of aromatic nitrogens is 3.